The molecule has 0 aliphatic carbocycles. The Morgan fingerprint density at radius 1 is 1.19 bits per heavy atom. The van der Waals surface area contributed by atoms with Gasteiger partial charge in [0, 0.05) is 0 Å². The first-order valence-corrected chi connectivity index (χ1v) is 9.29. The number of amides is 1. The van der Waals surface area contributed by atoms with E-state index in [9.17, 15) is 9.18 Å². The van der Waals surface area contributed by atoms with E-state index in [1.165, 1.54) is 29.5 Å². The van der Waals surface area contributed by atoms with Crippen LogP contribution in [0.1, 0.15) is 23.9 Å². The molecule has 1 amide bonds. The highest BCUT2D eigenvalue weighted by molar-refractivity contribution is 8.00. The summed E-state index contributed by atoms with van der Waals surface area (Å²) in [5.41, 5.74) is 2.42. The molecule has 3 aromatic rings. The lowest BCUT2D eigenvalue weighted by Gasteiger charge is -2.10. The molecule has 27 heavy (non-hydrogen) atoms. The molecule has 138 valence electrons. The van der Waals surface area contributed by atoms with Crippen molar-refractivity contribution < 1.29 is 9.18 Å². The largest absolute Gasteiger partial charge is 0.323 e. The first-order valence-electron chi connectivity index (χ1n) is 8.41. The Bertz CT molecular complexity index is 970. The quantitative estimate of drug-likeness (QED) is 0.614. The summed E-state index contributed by atoms with van der Waals surface area (Å²) in [7, 11) is 0. The minimum atomic E-state index is -0.478. The fraction of sp³-hybridized carbons (Fsp3) is 0.150. The Hall–Kier alpha value is -2.93. The van der Waals surface area contributed by atoms with E-state index in [0.29, 0.717) is 11.0 Å². The first-order chi connectivity index (χ1) is 13.0. The number of anilines is 1. The molecule has 7 heteroatoms. The number of hydrogen-bond acceptors (Lipinski definition) is 4. The Balaban J connectivity index is 1.61. The summed E-state index contributed by atoms with van der Waals surface area (Å²) in [6, 6.07) is 14.1. The zero-order chi connectivity index (χ0) is 19.2. The topological polar surface area (TPSA) is 70.7 Å². The second-order valence-electron chi connectivity index (χ2n) is 5.92. The lowest BCUT2D eigenvalue weighted by atomic mass is 10.1. The highest BCUT2D eigenvalue weighted by Crippen LogP contribution is 2.22. The fourth-order valence-electron chi connectivity index (χ4n) is 2.34. The maximum atomic E-state index is 13.6. The number of aryl methyl sites for hydroxylation is 1. The number of halogens is 1. The van der Waals surface area contributed by atoms with Crippen LogP contribution in [-0.4, -0.2) is 26.3 Å². The Labute approximate surface area is 161 Å². The smallest absolute Gasteiger partial charge is 0.237 e. The van der Waals surface area contributed by atoms with Gasteiger partial charge in [0.1, 0.15) is 11.6 Å². The number of hydrogen-bond donors (Lipinski definition) is 2. The number of nitrogens with one attached hydrogen (secondary N) is 2. The van der Waals surface area contributed by atoms with Crippen molar-refractivity contribution in [2.75, 3.05) is 5.32 Å². The molecule has 0 radical (unpaired) electrons. The predicted molar refractivity (Wildman–Crippen MR) is 107 cm³/mol. The van der Waals surface area contributed by atoms with Crippen molar-refractivity contribution in [1.29, 1.82) is 0 Å². The van der Waals surface area contributed by atoms with Crippen LogP contribution in [0.25, 0.3) is 12.2 Å². The number of aromatic amines is 1. The molecule has 1 heterocycles. The van der Waals surface area contributed by atoms with Crippen LogP contribution >= 0.6 is 11.8 Å². The Kier molecular flexibility index (Phi) is 6.03. The van der Waals surface area contributed by atoms with Crippen LogP contribution in [0.5, 0.6) is 0 Å². The number of benzene rings is 2. The summed E-state index contributed by atoms with van der Waals surface area (Å²) in [6.45, 7) is 3.76. The fourth-order valence-corrected chi connectivity index (χ4v) is 3.07. The van der Waals surface area contributed by atoms with Crippen molar-refractivity contribution in [2.45, 2.75) is 24.3 Å². The van der Waals surface area contributed by atoms with Crippen molar-refractivity contribution >= 4 is 35.5 Å². The molecule has 0 bridgehead atoms. The highest BCUT2D eigenvalue weighted by Gasteiger charge is 2.18. The second-order valence-corrected chi connectivity index (χ2v) is 7.23. The van der Waals surface area contributed by atoms with Crippen molar-refractivity contribution in [2.24, 2.45) is 0 Å². The standard InChI is InChI=1S/C20H19FN4OS/c1-13-7-3-4-8-15(13)11-12-18-23-20(25-24-18)27-14(2)19(26)22-17-10-6-5-9-16(17)21/h3-12,14H,1-2H3,(H,22,26)(H,23,24,25)/b12-11+. The molecular weight excluding hydrogens is 363 g/mol. The minimum Gasteiger partial charge on any atom is -0.323 e. The monoisotopic (exact) mass is 382 g/mol. The van der Waals surface area contributed by atoms with Crippen LogP contribution in [-0.2, 0) is 4.79 Å². The van der Waals surface area contributed by atoms with Gasteiger partial charge in [0.25, 0.3) is 0 Å². The van der Waals surface area contributed by atoms with Crippen molar-refractivity contribution in [3.63, 3.8) is 0 Å². The van der Waals surface area contributed by atoms with E-state index in [1.807, 2.05) is 43.3 Å². The van der Waals surface area contributed by atoms with Gasteiger partial charge in [0.05, 0.1) is 10.9 Å². The van der Waals surface area contributed by atoms with Gasteiger partial charge in [-0.3, -0.25) is 9.89 Å². The zero-order valence-electron chi connectivity index (χ0n) is 14.9. The zero-order valence-corrected chi connectivity index (χ0v) is 15.8. The van der Waals surface area contributed by atoms with Gasteiger partial charge in [-0.1, -0.05) is 54.2 Å². The van der Waals surface area contributed by atoms with Gasteiger partial charge in [0.15, 0.2) is 0 Å². The Morgan fingerprint density at radius 2 is 1.93 bits per heavy atom. The van der Waals surface area contributed by atoms with Crippen LogP contribution in [0.15, 0.2) is 53.7 Å². The van der Waals surface area contributed by atoms with Gasteiger partial charge in [-0.25, -0.2) is 9.37 Å². The number of para-hydroxylation sites is 1. The number of carbonyl (C=O) groups is 1. The molecule has 1 unspecified atom stereocenters. The number of aromatic nitrogens is 3. The maximum Gasteiger partial charge on any atom is 0.237 e. The number of thioether (sulfide) groups is 1. The second kappa shape index (κ2) is 8.64. The van der Waals surface area contributed by atoms with Gasteiger partial charge < -0.3 is 5.32 Å². The molecule has 0 aliphatic heterocycles. The van der Waals surface area contributed by atoms with Crippen LogP contribution in [0.4, 0.5) is 10.1 Å². The lowest BCUT2D eigenvalue weighted by molar-refractivity contribution is -0.115. The van der Waals surface area contributed by atoms with Gasteiger partial charge in [0.2, 0.25) is 11.1 Å². The highest BCUT2D eigenvalue weighted by atomic mass is 32.2. The third-order valence-corrected chi connectivity index (χ3v) is 4.84. The third-order valence-electron chi connectivity index (χ3n) is 3.87. The third kappa shape index (κ3) is 5.04. The van der Waals surface area contributed by atoms with Crippen LogP contribution in [0, 0.1) is 12.7 Å². The van der Waals surface area contributed by atoms with Gasteiger partial charge in [-0.15, -0.1) is 5.10 Å². The van der Waals surface area contributed by atoms with Crippen molar-refractivity contribution in [3.8, 4) is 0 Å². The molecule has 1 atom stereocenters. The molecule has 3 rings (SSSR count). The van der Waals surface area contributed by atoms with E-state index < -0.39 is 11.1 Å². The van der Waals surface area contributed by atoms with Gasteiger partial charge in [-0.2, -0.15) is 0 Å². The summed E-state index contributed by atoms with van der Waals surface area (Å²) in [5, 5.41) is 9.51. The SMILES string of the molecule is Cc1ccccc1/C=C/c1nc(SC(C)C(=O)Nc2ccccc2F)n[nH]1. The molecule has 0 fully saturated rings. The Morgan fingerprint density at radius 3 is 2.70 bits per heavy atom. The summed E-state index contributed by atoms with van der Waals surface area (Å²) >= 11 is 1.20. The van der Waals surface area contributed by atoms with E-state index in [2.05, 4.69) is 20.5 Å². The molecular formula is C20H19FN4OS. The number of nitrogens with zero attached hydrogens (tertiary/aromatic N) is 2. The number of carbonyl (C=O) groups excluding carboxylic acids is 1. The molecule has 2 aromatic carbocycles. The van der Waals surface area contributed by atoms with Crippen LogP contribution in [0.2, 0.25) is 0 Å². The molecule has 2 N–H and O–H groups in total. The molecule has 1 aromatic heterocycles. The molecule has 0 spiro atoms. The molecule has 0 saturated heterocycles. The van der Waals surface area contributed by atoms with Gasteiger partial charge >= 0.3 is 0 Å². The molecule has 0 saturated carbocycles. The summed E-state index contributed by atoms with van der Waals surface area (Å²) in [6.07, 6.45) is 3.79. The molecule has 0 aliphatic rings. The lowest BCUT2D eigenvalue weighted by Crippen LogP contribution is -2.23. The summed E-state index contributed by atoms with van der Waals surface area (Å²) in [4.78, 5) is 16.6. The van der Waals surface area contributed by atoms with Gasteiger partial charge in [-0.05, 0) is 43.2 Å². The number of rotatable bonds is 6. The van der Waals surface area contributed by atoms with E-state index in [0.717, 1.165) is 5.56 Å². The summed E-state index contributed by atoms with van der Waals surface area (Å²) < 4.78 is 13.6. The molecule has 5 nitrogen and oxygen atoms in total. The van der Waals surface area contributed by atoms with Crippen LogP contribution < -0.4 is 5.32 Å². The van der Waals surface area contributed by atoms with Crippen molar-refractivity contribution in [3.05, 3.63) is 71.3 Å². The average Bonchev–Trinajstić information content (AvgIpc) is 3.10. The normalized spacial score (nSPS) is 12.3. The van der Waals surface area contributed by atoms with Crippen LogP contribution in [0.3, 0.4) is 0 Å². The van der Waals surface area contributed by atoms with E-state index in [1.54, 1.807) is 19.1 Å². The number of H-pyrrole nitrogens is 1. The van der Waals surface area contributed by atoms with E-state index >= 15 is 0 Å². The maximum absolute atomic E-state index is 13.6. The van der Waals surface area contributed by atoms with Crippen molar-refractivity contribution in [1.82, 2.24) is 15.2 Å². The average molecular weight is 382 g/mol. The van der Waals surface area contributed by atoms with E-state index in [-0.39, 0.29) is 11.6 Å². The predicted octanol–water partition coefficient (Wildman–Crippen LogP) is 4.54. The minimum absolute atomic E-state index is 0.159. The van der Waals surface area contributed by atoms with E-state index in [4.69, 9.17) is 0 Å². The first kappa shape index (κ1) is 18.8. The summed E-state index contributed by atoms with van der Waals surface area (Å²) in [5.74, 6) is -0.182.